The molecule has 0 aliphatic heterocycles. The summed E-state index contributed by atoms with van der Waals surface area (Å²) < 4.78 is 4.68. The van der Waals surface area contributed by atoms with Crippen LogP contribution >= 0.6 is 11.3 Å². The number of methoxy groups -OCH3 is 1. The number of thiophene rings is 1. The Hall–Kier alpha value is -2.14. The number of hydrogen-bond acceptors (Lipinski definition) is 5. The summed E-state index contributed by atoms with van der Waals surface area (Å²) in [5, 5.41) is 5.90. The van der Waals surface area contributed by atoms with Crippen molar-refractivity contribution in [3.63, 3.8) is 0 Å². The van der Waals surface area contributed by atoms with Crippen molar-refractivity contribution in [2.24, 2.45) is 5.10 Å². The van der Waals surface area contributed by atoms with Crippen LogP contribution in [0.25, 0.3) is 0 Å². The fourth-order valence-corrected chi connectivity index (χ4v) is 2.12. The van der Waals surface area contributed by atoms with Gasteiger partial charge in [0.1, 0.15) is 4.88 Å². The summed E-state index contributed by atoms with van der Waals surface area (Å²) in [6, 6.07) is 11.5. The van der Waals surface area contributed by atoms with Gasteiger partial charge in [-0.3, -0.25) is 5.43 Å². The minimum atomic E-state index is -0.359. The molecule has 0 spiro atoms. The third-order valence-electron chi connectivity index (χ3n) is 2.23. The van der Waals surface area contributed by atoms with Gasteiger partial charge in [0.25, 0.3) is 0 Å². The smallest absolute Gasteiger partial charge is 0.350 e. The van der Waals surface area contributed by atoms with E-state index in [1.807, 2.05) is 35.7 Å². The van der Waals surface area contributed by atoms with Gasteiger partial charge in [0, 0.05) is 0 Å². The first-order chi connectivity index (χ1) is 8.81. The maximum Gasteiger partial charge on any atom is 0.350 e. The van der Waals surface area contributed by atoms with E-state index in [9.17, 15) is 4.79 Å². The lowest BCUT2D eigenvalue weighted by Gasteiger charge is -2.00. The highest BCUT2D eigenvalue weighted by molar-refractivity contribution is 7.12. The van der Waals surface area contributed by atoms with Crippen LogP contribution in [0.1, 0.15) is 15.2 Å². The number of rotatable bonds is 4. The van der Waals surface area contributed by atoms with Crippen LogP contribution in [0.15, 0.2) is 46.9 Å². The minimum absolute atomic E-state index is 0.359. The van der Waals surface area contributed by atoms with Crippen LogP contribution in [0.5, 0.6) is 0 Å². The fourth-order valence-electron chi connectivity index (χ4n) is 1.36. The Balaban J connectivity index is 2.05. The molecule has 1 aromatic heterocycles. The number of hydrogen-bond donors (Lipinski definition) is 1. The van der Waals surface area contributed by atoms with E-state index in [0.29, 0.717) is 10.6 Å². The number of nitrogens with one attached hydrogen (secondary N) is 1. The molecule has 1 N–H and O–H groups in total. The highest BCUT2D eigenvalue weighted by atomic mass is 32.1. The number of benzene rings is 1. The minimum Gasteiger partial charge on any atom is -0.465 e. The van der Waals surface area contributed by atoms with Crippen LogP contribution in [-0.2, 0) is 4.74 Å². The predicted octanol–water partition coefficient (Wildman–Crippen LogP) is 2.98. The van der Waals surface area contributed by atoms with Gasteiger partial charge >= 0.3 is 5.97 Å². The van der Waals surface area contributed by atoms with Crippen molar-refractivity contribution in [1.29, 1.82) is 0 Å². The van der Waals surface area contributed by atoms with Crippen molar-refractivity contribution >= 4 is 29.2 Å². The molecule has 18 heavy (non-hydrogen) atoms. The van der Waals surface area contributed by atoms with Crippen molar-refractivity contribution in [2.45, 2.75) is 0 Å². The molecule has 0 radical (unpaired) electrons. The summed E-state index contributed by atoms with van der Waals surface area (Å²) in [6.07, 6.45) is 1.69. The fraction of sp³-hybridized carbons (Fsp3) is 0.0769. The Morgan fingerprint density at radius 1 is 1.33 bits per heavy atom. The zero-order valence-corrected chi connectivity index (χ0v) is 10.6. The van der Waals surface area contributed by atoms with Gasteiger partial charge in [-0.05, 0) is 17.0 Å². The Labute approximate surface area is 109 Å². The van der Waals surface area contributed by atoms with E-state index in [0.717, 1.165) is 5.56 Å². The quantitative estimate of drug-likeness (QED) is 0.522. The molecule has 0 saturated heterocycles. The van der Waals surface area contributed by atoms with Gasteiger partial charge in [-0.2, -0.15) is 5.10 Å². The monoisotopic (exact) mass is 260 g/mol. The Morgan fingerprint density at radius 3 is 2.83 bits per heavy atom. The van der Waals surface area contributed by atoms with Gasteiger partial charge in [-0.15, -0.1) is 11.3 Å². The van der Waals surface area contributed by atoms with Crippen LogP contribution in [0.3, 0.4) is 0 Å². The summed E-state index contributed by atoms with van der Waals surface area (Å²) >= 11 is 1.32. The number of esters is 1. The molecule has 0 unspecified atom stereocenters. The molecule has 2 aromatic rings. The van der Waals surface area contributed by atoms with E-state index in [1.54, 1.807) is 12.3 Å². The highest BCUT2D eigenvalue weighted by Crippen LogP contribution is 2.22. The normalized spacial score (nSPS) is 10.5. The van der Waals surface area contributed by atoms with Crippen LogP contribution in [0, 0.1) is 0 Å². The second kappa shape index (κ2) is 5.97. The third-order valence-corrected chi connectivity index (χ3v) is 3.13. The molecule has 0 saturated carbocycles. The summed E-state index contributed by atoms with van der Waals surface area (Å²) in [6.45, 7) is 0. The lowest BCUT2D eigenvalue weighted by Crippen LogP contribution is -2.01. The first-order valence-corrected chi connectivity index (χ1v) is 6.19. The second-order valence-electron chi connectivity index (χ2n) is 3.44. The zero-order chi connectivity index (χ0) is 12.8. The Bertz CT molecular complexity index is 549. The molecule has 5 heteroatoms. The van der Waals surface area contributed by atoms with Gasteiger partial charge in [-0.1, -0.05) is 30.3 Å². The van der Waals surface area contributed by atoms with E-state index in [1.165, 1.54) is 18.4 Å². The van der Waals surface area contributed by atoms with E-state index in [2.05, 4.69) is 15.3 Å². The molecule has 2 rings (SSSR count). The van der Waals surface area contributed by atoms with Gasteiger partial charge < -0.3 is 4.74 Å². The highest BCUT2D eigenvalue weighted by Gasteiger charge is 2.12. The van der Waals surface area contributed by atoms with Crippen molar-refractivity contribution in [1.82, 2.24) is 0 Å². The van der Waals surface area contributed by atoms with Gasteiger partial charge in [-0.25, -0.2) is 4.79 Å². The SMILES string of the molecule is COC(=O)c1sccc1NN=Cc1ccccc1. The molecule has 1 heterocycles. The van der Waals surface area contributed by atoms with Gasteiger partial charge in [0.2, 0.25) is 0 Å². The molecule has 1 aromatic carbocycles. The number of ether oxygens (including phenoxy) is 1. The number of carbonyl (C=O) groups is 1. The van der Waals surface area contributed by atoms with E-state index < -0.39 is 0 Å². The summed E-state index contributed by atoms with van der Waals surface area (Å²) in [7, 11) is 1.36. The largest absolute Gasteiger partial charge is 0.465 e. The van der Waals surface area contributed by atoms with Crippen LogP contribution < -0.4 is 5.43 Å². The lowest BCUT2D eigenvalue weighted by molar-refractivity contribution is 0.0607. The molecule has 0 bridgehead atoms. The summed E-state index contributed by atoms with van der Waals surface area (Å²) in [4.78, 5) is 11.9. The van der Waals surface area contributed by atoms with Crippen molar-refractivity contribution in [2.75, 3.05) is 12.5 Å². The van der Waals surface area contributed by atoms with Crippen molar-refractivity contribution in [3.05, 3.63) is 52.2 Å². The number of hydrazone groups is 1. The lowest BCUT2D eigenvalue weighted by atomic mass is 10.2. The number of carbonyl (C=O) groups excluding carboxylic acids is 1. The Morgan fingerprint density at radius 2 is 2.11 bits per heavy atom. The Kier molecular flexibility index (Phi) is 4.09. The molecule has 0 aliphatic carbocycles. The first kappa shape index (κ1) is 12.3. The second-order valence-corrected chi connectivity index (χ2v) is 4.35. The molecular weight excluding hydrogens is 248 g/mol. The van der Waals surface area contributed by atoms with Crippen molar-refractivity contribution < 1.29 is 9.53 Å². The molecule has 0 fully saturated rings. The van der Waals surface area contributed by atoms with E-state index in [4.69, 9.17) is 0 Å². The van der Waals surface area contributed by atoms with Gasteiger partial charge in [0.05, 0.1) is 19.0 Å². The van der Waals surface area contributed by atoms with E-state index >= 15 is 0 Å². The molecule has 4 nitrogen and oxygen atoms in total. The predicted molar refractivity (Wildman–Crippen MR) is 73.3 cm³/mol. The van der Waals surface area contributed by atoms with Crippen LogP contribution in [-0.4, -0.2) is 19.3 Å². The molecule has 92 valence electrons. The molecule has 0 amide bonds. The molecule has 0 atom stereocenters. The zero-order valence-electron chi connectivity index (χ0n) is 9.79. The maximum atomic E-state index is 11.4. The molecular formula is C13H12N2O2S. The number of nitrogens with zero attached hydrogens (tertiary/aromatic N) is 1. The summed E-state index contributed by atoms with van der Waals surface area (Å²) in [5.41, 5.74) is 4.47. The number of anilines is 1. The van der Waals surface area contributed by atoms with Crippen LogP contribution in [0.2, 0.25) is 0 Å². The molecule has 0 aliphatic rings. The summed E-state index contributed by atoms with van der Waals surface area (Å²) in [5.74, 6) is -0.359. The first-order valence-electron chi connectivity index (χ1n) is 5.31. The van der Waals surface area contributed by atoms with Crippen molar-refractivity contribution in [3.8, 4) is 0 Å². The average Bonchev–Trinajstić information content (AvgIpc) is 2.87. The third kappa shape index (κ3) is 2.95. The van der Waals surface area contributed by atoms with Crippen LogP contribution in [0.4, 0.5) is 5.69 Å². The standard InChI is InChI=1S/C13H12N2O2S/c1-17-13(16)12-11(7-8-18-12)15-14-9-10-5-3-2-4-6-10/h2-9,15H,1H3. The topological polar surface area (TPSA) is 50.7 Å². The average molecular weight is 260 g/mol. The maximum absolute atomic E-state index is 11.4. The van der Waals surface area contributed by atoms with Gasteiger partial charge in [0.15, 0.2) is 0 Å². The van der Waals surface area contributed by atoms with E-state index in [-0.39, 0.29) is 5.97 Å².